The summed E-state index contributed by atoms with van der Waals surface area (Å²) in [5, 5.41) is 10.3. The Morgan fingerprint density at radius 1 is 1.22 bits per heavy atom. The molecular formula is C14H9FO3. The molecule has 0 aliphatic heterocycles. The monoisotopic (exact) mass is 244 g/mol. The van der Waals surface area contributed by atoms with Gasteiger partial charge in [0.2, 0.25) is 0 Å². The number of phenols is 1. The van der Waals surface area contributed by atoms with E-state index in [1.54, 1.807) is 24.3 Å². The molecule has 1 N–H and O–H groups in total. The first-order valence-electron chi connectivity index (χ1n) is 5.43. The number of hydrogen-bond acceptors (Lipinski definition) is 3. The molecule has 18 heavy (non-hydrogen) atoms. The zero-order valence-electron chi connectivity index (χ0n) is 9.53. The summed E-state index contributed by atoms with van der Waals surface area (Å²) in [6, 6.07) is 7.90. The van der Waals surface area contributed by atoms with E-state index in [2.05, 4.69) is 0 Å². The molecular weight excluding hydrogens is 235 g/mol. The van der Waals surface area contributed by atoms with Gasteiger partial charge in [0.25, 0.3) is 0 Å². The third-order valence-electron chi connectivity index (χ3n) is 2.99. The van der Waals surface area contributed by atoms with Gasteiger partial charge in [0.1, 0.15) is 22.5 Å². The molecule has 0 aliphatic carbocycles. The van der Waals surface area contributed by atoms with E-state index in [4.69, 9.17) is 4.42 Å². The van der Waals surface area contributed by atoms with Gasteiger partial charge < -0.3 is 9.52 Å². The lowest BCUT2D eigenvalue weighted by Crippen LogP contribution is -2.02. The van der Waals surface area contributed by atoms with Crippen molar-refractivity contribution in [1.29, 1.82) is 0 Å². The van der Waals surface area contributed by atoms with E-state index in [0.717, 1.165) is 0 Å². The summed E-state index contributed by atoms with van der Waals surface area (Å²) in [5.41, 5.74) is -0.144. The summed E-state index contributed by atoms with van der Waals surface area (Å²) in [5.74, 6) is -0.768. The number of benzene rings is 2. The number of hydrogen-bond donors (Lipinski definition) is 1. The van der Waals surface area contributed by atoms with Crippen molar-refractivity contribution >= 4 is 21.7 Å². The van der Waals surface area contributed by atoms with Crippen LogP contribution in [0.3, 0.4) is 0 Å². The number of fused-ring (bicyclic) bond motifs is 3. The summed E-state index contributed by atoms with van der Waals surface area (Å²) in [6.45, 7) is 1.54. The van der Waals surface area contributed by atoms with Crippen LogP contribution in [0.4, 0.5) is 4.39 Å². The fraction of sp³-hybridized carbons (Fsp3) is 0.0714. The zero-order chi connectivity index (χ0) is 12.9. The van der Waals surface area contributed by atoms with Crippen molar-refractivity contribution in [3.8, 4) is 5.75 Å². The highest BCUT2D eigenvalue weighted by atomic mass is 19.1. The fourth-order valence-electron chi connectivity index (χ4n) is 2.15. The van der Waals surface area contributed by atoms with Crippen molar-refractivity contribution in [1.82, 2.24) is 0 Å². The molecule has 0 unspecified atom stereocenters. The molecule has 4 heteroatoms. The van der Waals surface area contributed by atoms with Crippen LogP contribution in [0.2, 0.25) is 0 Å². The lowest BCUT2D eigenvalue weighted by Gasteiger charge is -2.07. The number of halogens is 1. The second-order valence-electron chi connectivity index (χ2n) is 4.16. The first-order valence-corrected chi connectivity index (χ1v) is 5.43. The molecule has 0 bridgehead atoms. The third kappa shape index (κ3) is 1.32. The fourth-order valence-corrected chi connectivity index (χ4v) is 2.15. The molecule has 1 heterocycles. The van der Waals surface area contributed by atoms with Crippen molar-refractivity contribution in [3.63, 3.8) is 0 Å². The van der Waals surface area contributed by atoms with E-state index < -0.39 is 11.4 Å². The smallest absolute Gasteiger partial charge is 0.348 e. The summed E-state index contributed by atoms with van der Waals surface area (Å²) in [7, 11) is 0. The van der Waals surface area contributed by atoms with Gasteiger partial charge in [0, 0.05) is 10.8 Å². The quantitative estimate of drug-likeness (QED) is 0.488. The van der Waals surface area contributed by atoms with Gasteiger partial charge in [-0.3, -0.25) is 0 Å². The number of para-hydroxylation sites is 1. The summed E-state index contributed by atoms with van der Waals surface area (Å²) < 4.78 is 19.3. The Morgan fingerprint density at radius 2 is 1.94 bits per heavy atom. The van der Waals surface area contributed by atoms with E-state index >= 15 is 0 Å². The Balaban J connectivity index is 2.75. The van der Waals surface area contributed by atoms with Crippen LogP contribution < -0.4 is 5.63 Å². The van der Waals surface area contributed by atoms with Crippen molar-refractivity contribution in [2.24, 2.45) is 0 Å². The van der Waals surface area contributed by atoms with Crippen LogP contribution in [0.25, 0.3) is 21.7 Å². The van der Waals surface area contributed by atoms with Crippen LogP contribution >= 0.6 is 0 Å². The highest BCUT2D eigenvalue weighted by Gasteiger charge is 2.16. The molecule has 3 rings (SSSR count). The van der Waals surface area contributed by atoms with E-state index in [1.165, 1.54) is 13.0 Å². The van der Waals surface area contributed by atoms with Crippen LogP contribution in [-0.2, 0) is 0 Å². The van der Waals surface area contributed by atoms with Crippen molar-refractivity contribution in [3.05, 3.63) is 52.1 Å². The highest BCUT2D eigenvalue weighted by Crippen LogP contribution is 2.32. The standard InChI is InChI=1S/C14H9FO3/c1-7-6-9(16)12-11(13(7)15)8-4-2-3-5-10(8)18-14(12)17/h2-6,16H,1H3. The molecule has 1 aromatic heterocycles. The van der Waals surface area contributed by atoms with E-state index in [1.807, 2.05) is 0 Å². The second-order valence-corrected chi connectivity index (χ2v) is 4.16. The maximum absolute atomic E-state index is 14.2. The maximum Gasteiger partial charge on any atom is 0.348 e. The third-order valence-corrected chi connectivity index (χ3v) is 2.99. The molecule has 3 nitrogen and oxygen atoms in total. The zero-order valence-corrected chi connectivity index (χ0v) is 9.53. The maximum atomic E-state index is 14.2. The van der Waals surface area contributed by atoms with Crippen LogP contribution in [0.15, 0.2) is 39.5 Å². The van der Waals surface area contributed by atoms with Gasteiger partial charge in [-0.15, -0.1) is 0 Å². The van der Waals surface area contributed by atoms with Crippen LogP contribution in [0.1, 0.15) is 5.56 Å². The first kappa shape index (κ1) is 10.8. The van der Waals surface area contributed by atoms with E-state index in [-0.39, 0.29) is 22.1 Å². The molecule has 0 saturated carbocycles. The molecule has 0 saturated heterocycles. The van der Waals surface area contributed by atoms with Crippen LogP contribution in [0, 0.1) is 12.7 Å². The molecule has 2 aromatic carbocycles. The van der Waals surface area contributed by atoms with Crippen molar-refractivity contribution in [2.45, 2.75) is 6.92 Å². The average molecular weight is 244 g/mol. The Morgan fingerprint density at radius 3 is 2.72 bits per heavy atom. The van der Waals surface area contributed by atoms with Crippen molar-refractivity contribution in [2.75, 3.05) is 0 Å². The Labute approximate surface area is 101 Å². The van der Waals surface area contributed by atoms with Gasteiger partial charge in [-0.05, 0) is 24.6 Å². The number of aryl methyl sites for hydroxylation is 1. The Kier molecular flexibility index (Phi) is 2.13. The highest BCUT2D eigenvalue weighted by molar-refractivity contribution is 6.06. The van der Waals surface area contributed by atoms with Gasteiger partial charge in [0.15, 0.2) is 0 Å². The molecule has 0 atom stereocenters. The summed E-state index contributed by atoms with van der Waals surface area (Å²) in [6.07, 6.45) is 0. The molecule has 0 fully saturated rings. The average Bonchev–Trinajstić information content (AvgIpc) is 2.34. The number of aromatic hydroxyl groups is 1. The lowest BCUT2D eigenvalue weighted by molar-refractivity contribution is 0.475. The minimum absolute atomic E-state index is 0.111. The lowest BCUT2D eigenvalue weighted by atomic mass is 10.0. The minimum atomic E-state index is -0.736. The van der Waals surface area contributed by atoms with Crippen molar-refractivity contribution < 1.29 is 13.9 Å². The summed E-state index contributed by atoms with van der Waals surface area (Å²) >= 11 is 0. The topological polar surface area (TPSA) is 50.4 Å². The largest absolute Gasteiger partial charge is 0.507 e. The molecule has 0 aliphatic rings. The molecule has 90 valence electrons. The van der Waals surface area contributed by atoms with Crippen LogP contribution in [-0.4, -0.2) is 5.11 Å². The normalized spacial score (nSPS) is 11.2. The Hall–Kier alpha value is -2.36. The predicted molar refractivity (Wildman–Crippen MR) is 66.3 cm³/mol. The summed E-state index contributed by atoms with van der Waals surface area (Å²) in [4.78, 5) is 11.8. The van der Waals surface area contributed by atoms with E-state index in [9.17, 15) is 14.3 Å². The van der Waals surface area contributed by atoms with E-state index in [0.29, 0.717) is 11.0 Å². The van der Waals surface area contributed by atoms with Gasteiger partial charge in [-0.1, -0.05) is 18.2 Å². The Bertz CT molecular complexity index is 834. The SMILES string of the molecule is Cc1cc(O)c2c(=O)oc3ccccc3c2c1F. The first-order chi connectivity index (χ1) is 8.59. The van der Waals surface area contributed by atoms with Gasteiger partial charge >= 0.3 is 5.63 Å². The second kappa shape index (κ2) is 3.57. The number of rotatable bonds is 0. The minimum Gasteiger partial charge on any atom is -0.507 e. The number of phenolic OH excluding ortho intramolecular Hbond substituents is 1. The van der Waals surface area contributed by atoms with Gasteiger partial charge in [0.05, 0.1) is 0 Å². The van der Waals surface area contributed by atoms with Gasteiger partial charge in [-0.25, -0.2) is 9.18 Å². The molecule has 3 aromatic rings. The van der Waals surface area contributed by atoms with Gasteiger partial charge in [-0.2, -0.15) is 0 Å². The molecule has 0 spiro atoms. The molecule has 0 amide bonds. The predicted octanol–water partition coefficient (Wildman–Crippen LogP) is 3.10. The van der Waals surface area contributed by atoms with Crippen LogP contribution in [0.5, 0.6) is 5.75 Å². The molecule has 0 radical (unpaired) electrons.